The minimum absolute atomic E-state index is 0.0323. The molecule has 1 aromatic rings. The number of carbonyl (C=O) groups is 1. The Bertz CT molecular complexity index is 569. The summed E-state index contributed by atoms with van der Waals surface area (Å²) in [6, 6.07) is 6.17. The minimum atomic E-state index is -0.437. The van der Waals surface area contributed by atoms with Gasteiger partial charge in [0, 0.05) is 38.4 Å². The Balaban J connectivity index is 1.76. The number of carbonyl (C=O) groups excluding carboxylic acids is 1. The number of hydrogen-bond acceptors (Lipinski definition) is 4. The highest BCUT2D eigenvalue weighted by Gasteiger charge is 2.23. The van der Waals surface area contributed by atoms with Gasteiger partial charge < -0.3 is 15.0 Å². The maximum atomic E-state index is 12.2. The number of nitrogens with zero attached hydrogens (tertiary/aromatic N) is 2. The van der Waals surface area contributed by atoms with Crippen molar-refractivity contribution in [2.45, 2.75) is 39.3 Å². The molecule has 1 N–H and O–H groups in total. The van der Waals surface area contributed by atoms with Crippen LogP contribution >= 0.6 is 0 Å². The van der Waals surface area contributed by atoms with E-state index in [2.05, 4.69) is 19.2 Å². The standard InChI is InChI=1S/C17H25N3O4/c1-13(2)12-24-16-6-8-19(9-7-16)17(21)18-11-14-4-3-5-15(10-14)20(22)23/h3-5,10,13,16H,6-9,11-12H2,1-2H3,(H,18,21). The molecule has 1 heterocycles. The molecule has 7 nitrogen and oxygen atoms in total. The fraction of sp³-hybridized carbons (Fsp3) is 0.588. The zero-order chi connectivity index (χ0) is 17.5. The Morgan fingerprint density at radius 3 is 2.75 bits per heavy atom. The van der Waals surface area contributed by atoms with Crippen molar-refractivity contribution in [3.8, 4) is 0 Å². The number of nitro groups is 1. The summed E-state index contributed by atoms with van der Waals surface area (Å²) in [4.78, 5) is 24.3. The Morgan fingerprint density at radius 1 is 1.42 bits per heavy atom. The van der Waals surface area contributed by atoms with E-state index in [1.165, 1.54) is 12.1 Å². The Kier molecular flexibility index (Phi) is 6.54. The van der Waals surface area contributed by atoms with Crippen LogP contribution < -0.4 is 5.32 Å². The second-order valence-corrected chi connectivity index (χ2v) is 6.50. The Morgan fingerprint density at radius 2 is 2.12 bits per heavy atom. The molecule has 2 amide bonds. The van der Waals surface area contributed by atoms with Crippen molar-refractivity contribution in [1.29, 1.82) is 0 Å². The van der Waals surface area contributed by atoms with Crippen LogP contribution in [0.2, 0.25) is 0 Å². The molecule has 1 aromatic carbocycles. The van der Waals surface area contributed by atoms with Crippen molar-refractivity contribution < 1.29 is 14.5 Å². The van der Waals surface area contributed by atoms with Crippen molar-refractivity contribution in [3.63, 3.8) is 0 Å². The van der Waals surface area contributed by atoms with E-state index in [4.69, 9.17) is 4.74 Å². The van der Waals surface area contributed by atoms with Crippen LogP contribution in [-0.2, 0) is 11.3 Å². The number of hydrogen-bond donors (Lipinski definition) is 1. The number of piperidine rings is 1. The van der Waals surface area contributed by atoms with Crippen LogP contribution in [0.5, 0.6) is 0 Å². The molecule has 0 aromatic heterocycles. The van der Waals surface area contributed by atoms with Gasteiger partial charge in [-0.3, -0.25) is 10.1 Å². The number of rotatable bonds is 6. The van der Waals surface area contributed by atoms with E-state index in [9.17, 15) is 14.9 Å². The molecule has 1 aliphatic heterocycles. The monoisotopic (exact) mass is 335 g/mol. The molecular formula is C17H25N3O4. The zero-order valence-electron chi connectivity index (χ0n) is 14.2. The maximum absolute atomic E-state index is 12.2. The number of amides is 2. The number of likely N-dealkylation sites (tertiary alicyclic amines) is 1. The number of ether oxygens (including phenoxy) is 1. The zero-order valence-corrected chi connectivity index (χ0v) is 14.2. The molecular weight excluding hydrogens is 310 g/mol. The van der Waals surface area contributed by atoms with Crippen molar-refractivity contribution in [3.05, 3.63) is 39.9 Å². The third-order valence-electron chi connectivity index (χ3n) is 3.96. The Labute approximate surface area is 142 Å². The second kappa shape index (κ2) is 8.63. The molecule has 0 saturated carbocycles. The molecule has 2 rings (SSSR count). The number of non-ortho nitro benzene ring substituents is 1. The lowest BCUT2D eigenvalue weighted by Gasteiger charge is -2.32. The van der Waals surface area contributed by atoms with Crippen molar-refractivity contribution >= 4 is 11.7 Å². The van der Waals surface area contributed by atoms with Gasteiger partial charge in [0.25, 0.3) is 5.69 Å². The SMILES string of the molecule is CC(C)COC1CCN(C(=O)NCc2cccc([N+](=O)[O-])c2)CC1. The van der Waals surface area contributed by atoms with Crippen LogP contribution in [0.3, 0.4) is 0 Å². The van der Waals surface area contributed by atoms with Crippen LogP contribution in [0.15, 0.2) is 24.3 Å². The predicted octanol–water partition coefficient (Wildman–Crippen LogP) is 2.94. The first-order chi connectivity index (χ1) is 11.5. The summed E-state index contributed by atoms with van der Waals surface area (Å²) in [5.74, 6) is 0.515. The average Bonchev–Trinajstić information content (AvgIpc) is 2.58. The lowest BCUT2D eigenvalue weighted by atomic mass is 10.1. The topological polar surface area (TPSA) is 84.7 Å². The van der Waals surface area contributed by atoms with E-state index in [-0.39, 0.29) is 24.4 Å². The first-order valence-electron chi connectivity index (χ1n) is 8.33. The first kappa shape index (κ1) is 18.2. The quantitative estimate of drug-likeness (QED) is 0.640. The van der Waals surface area contributed by atoms with Gasteiger partial charge in [0.1, 0.15) is 0 Å². The third-order valence-corrected chi connectivity index (χ3v) is 3.96. The van der Waals surface area contributed by atoms with Gasteiger partial charge in [-0.25, -0.2) is 4.79 Å². The highest BCUT2D eigenvalue weighted by atomic mass is 16.6. The van der Waals surface area contributed by atoms with Gasteiger partial charge in [-0.2, -0.15) is 0 Å². The van der Waals surface area contributed by atoms with Gasteiger partial charge in [0.2, 0.25) is 0 Å². The molecule has 0 bridgehead atoms. The first-order valence-corrected chi connectivity index (χ1v) is 8.33. The molecule has 132 valence electrons. The van der Waals surface area contributed by atoms with Gasteiger partial charge in [0.15, 0.2) is 0 Å². The molecule has 1 saturated heterocycles. The normalized spacial score (nSPS) is 15.5. The number of nitro benzene ring substituents is 1. The lowest BCUT2D eigenvalue weighted by Crippen LogP contribution is -2.45. The number of urea groups is 1. The van der Waals surface area contributed by atoms with Crippen LogP contribution in [0.25, 0.3) is 0 Å². The van der Waals surface area contributed by atoms with E-state index in [1.807, 2.05) is 0 Å². The largest absolute Gasteiger partial charge is 0.378 e. The molecule has 7 heteroatoms. The summed E-state index contributed by atoms with van der Waals surface area (Å²) in [6.07, 6.45) is 1.92. The summed E-state index contributed by atoms with van der Waals surface area (Å²) >= 11 is 0. The minimum Gasteiger partial charge on any atom is -0.378 e. The highest BCUT2D eigenvalue weighted by Crippen LogP contribution is 2.16. The summed E-state index contributed by atoms with van der Waals surface area (Å²) in [5.41, 5.74) is 0.748. The third kappa shape index (κ3) is 5.49. The Hall–Kier alpha value is -2.15. The molecule has 1 aliphatic rings. The van der Waals surface area contributed by atoms with E-state index in [1.54, 1.807) is 17.0 Å². The van der Waals surface area contributed by atoms with Crippen LogP contribution in [0.4, 0.5) is 10.5 Å². The lowest BCUT2D eigenvalue weighted by molar-refractivity contribution is -0.384. The van der Waals surface area contributed by atoms with Crippen molar-refractivity contribution in [2.75, 3.05) is 19.7 Å². The number of benzene rings is 1. The summed E-state index contributed by atoms with van der Waals surface area (Å²) in [7, 11) is 0. The fourth-order valence-electron chi connectivity index (χ4n) is 2.62. The molecule has 1 fully saturated rings. The van der Waals surface area contributed by atoms with Crippen LogP contribution in [-0.4, -0.2) is 41.7 Å². The molecule has 0 unspecified atom stereocenters. The van der Waals surface area contributed by atoms with Gasteiger partial charge in [-0.15, -0.1) is 0 Å². The average molecular weight is 335 g/mol. The maximum Gasteiger partial charge on any atom is 0.317 e. The van der Waals surface area contributed by atoms with Crippen molar-refractivity contribution in [1.82, 2.24) is 10.2 Å². The van der Waals surface area contributed by atoms with Gasteiger partial charge >= 0.3 is 6.03 Å². The van der Waals surface area contributed by atoms with Gasteiger partial charge in [-0.1, -0.05) is 26.0 Å². The van der Waals surface area contributed by atoms with E-state index >= 15 is 0 Å². The number of nitrogens with one attached hydrogen (secondary N) is 1. The smallest absolute Gasteiger partial charge is 0.317 e. The van der Waals surface area contributed by atoms with Crippen molar-refractivity contribution in [2.24, 2.45) is 5.92 Å². The molecule has 24 heavy (non-hydrogen) atoms. The molecule has 0 aliphatic carbocycles. The molecule has 0 radical (unpaired) electrons. The fourth-order valence-corrected chi connectivity index (χ4v) is 2.62. The predicted molar refractivity (Wildman–Crippen MR) is 90.7 cm³/mol. The van der Waals surface area contributed by atoms with E-state index in [0.29, 0.717) is 24.6 Å². The van der Waals surface area contributed by atoms with E-state index in [0.717, 1.165) is 19.4 Å². The molecule has 0 atom stereocenters. The highest BCUT2D eigenvalue weighted by molar-refractivity contribution is 5.74. The summed E-state index contributed by atoms with van der Waals surface area (Å²) in [5, 5.41) is 13.6. The van der Waals surface area contributed by atoms with Crippen LogP contribution in [0, 0.1) is 16.0 Å². The van der Waals surface area contributed by atoms with Gasteiger partial charge in [-0.05, 0) is 24.3 Å². The second-order valence-electron chi connectivity index (χ2n) is 6.50. The van der Waals surface area contributed by atoms with Crippen LogP contribution in [0.1, 0.15) is 32.3 Å². The summed E-state index contributed by atoms with van der Waals surface area (Å²) in [6.45, 7) is 6.62. The summed E-state index contributed by atoms with van der Waals surface area (Å²) < 4.78 is 5.82. The van der Waals surface area contributed by atoms with Gasteiger partial charge in [0.05, 0.1) is 11.0 Å². The molecule has 0 spiro atoms. The van der Waals surface area contributed by atoms with E-state index < -0.39 is 4.92 Å².